The van der Waals surface area contributed by atoms with Crippen molar-refractivity contribution in [3.8, 4) is 0 Å². The minimum absolute atomic E-state index is 0.384. The summed E-state index contributed by atoms with van der Waals surface area (Å²) in [6.45, 7) is 2.04. The summed E-state index contributed by atoms with van der Waals surface area (Å²) in [5.74, 6) is 0. The summed E-state index contributed by atoms with van der Waals surface area (Å²) in [7, 11) is 2.00. The van der Waals surface area contributed by atoms with Crippen LogP contribution >= 0.6 is 22.7 Å². The molecule has 3 aromatic rings. The third-order valence-corrected chi connectivity index (χ3v) is 4.85. The normalized spacial score (nSPS) is 13.2. The molecular formula is C13H16N4S2. The van der Waals surface area contributed by atoms with Gasteiger partial charge in [-0.3, -0.25) is 4.40 Å². The summed E-state index contributed by atoms with van der Waals surface area (Å²) in [5.41, 5.74) is 2.25. The molecule has 1 atom stereocenters. The molecule has 1 N–H and O–H groups in total. The van der Waals surface area contributed by atoms with Crippen LogP contribution in [-0.2, 0) is 12.8 Å². The smallest absolute Gasteiger partial charge is 0.193 e. The number of nitrogens with one attached hydrogen (secondary N) is 1. The zero-order chi connectivity index (χ0) is 13.2. The number of aromatic nitrogens is 3. The molecule has 4 nitrogen and oxygen atoms in total. The molecule has 0 aliphatic carbocycles. The number of nitrogens with zero attached hydrogens (tertiary/aromatic N) is 3. The highest BCUT2D eigenvalue weighted by Crippen LogP contribution is 2.15. The van der Waals surface area contributed by atoms with Gasteiger partial charge in [0, 0.05) is 47.7 Å². The van der Waals surface area contributed by atoms with Gasteiger partial charge in [-0.05, 0) is 14.0 Å². The lowest BCUT2D eigenvalue weighted by Crippen LogP contribution is -2.30. The van der Waals surface area contributed by atoms with Crippen molar-refractivity contribution in [3.63, 3.8) is 0 Å². The van der Waals surface area contributed by atoms with E-state index in [2.05, 4.69) is 42.8 Å². The van der Waals surface area contributed by atoms with Crippen LogP contribution in [0.5, 0.6) is 0 Å². The largest absolute Gasteiger partial charge is 0.316 e. The van der Waals surface area contributed by atoms with Gasteiger partial charge in [0.15, 0.2) is 4.96 Å². The first-order chi connectivity index (χ1) is 9.24. The Morgan fingerprint density at radius 1 is 1.32 bits per heavy atom. The molecule has 0 saturated carbocycles. The Morgan fingerprint density at radius 3 is 2.89 bits per heavy atom. The van der Waals surface area contributed by atoms with Crippen molar-refractivity contribution in [1.82, 2.24) is 19.7 Å². The summed E-state index contributed by atoms with van der Waals surface area (Å²) >= 11 is 3.41. The van der Waals surface area contributed by atoms with Crippen LogP contribution in [0.1, 0.15) is 16.4 Å². The van der Waals surface area contributed by atoms with Gasteiger partial charge in [-0.1, -0.05) is 0 Å². The van der Waals surface area contributed by atoms with Crippen molar-refractivity contribution in [2.24, 2.45) is 0 Å². The Bertz CT molecular complexity index is 638. The predicted octanol–water partition coefficient (Wildman–Crippen LogP) is 2.53. The van der Waals surface area contributed by atoms with Crippen LogP contribution in [0.3, 0.4) is 0 Å². The number of hydrogen-bond acceptors (Lipinski definition) is 5. The first kappa shape index (κ1) is 12.8. The van der Waals surface area contributed by atoms with Gasteiger partial charge >= 0.3 is 0 Å². The summed E-state index contributed by atoms with van der Waals surface area (Å²) in [4.78, 5) is 10.2. The SMILES string of the molecule is CNC(Cc1cn2ccsc2n1)Cc1nc(C)cs1. The molecule has 0 aliphatic heterocycles. The number of hydrogen-bond donors (Lipinski definition) is 1. The van der Waals surface area contributed by atoms with Crippen LogP contribution < -0.4 is 5.32 Å². The lowest BCUT2D eigenvalue weighted by Gasteiger charge is -2.12. The molecule has 0 radical (unpaired) electrons. The molecule has 100 valence electrons. The molecule has 0 bridgehead atoms. The summed E-state index contributed by atoms with van der Waals surface area (Å²) < 4.78 is 2.08. The first-order valence-corrected chi connectivity index (χ1v) is 8.00. The Kier molecular flexibility index (Phi) is 3.63. The first-order valence-electron chi connectivity index (χ1n) is 6.24. The fourth-order valence-electron chi connectivity index (χ4n) is 2.11. The summed E-state index contributed by atoms with van der Waals surface area (Å²) in [6, 6.07) is 0.384. The summed E-state index contributed by atoms with van der Waals surface area (Å²) in [5, 5.41) is 8.72. The second kappa shape index (κ2) is 5.40. The van der Waals surface area contributed by atoms with Crippen molar-refractivity contribution in [1.29, 1.82) is 0 Å². The minimum Gasteiger partial charge on any atom is -0.316 e. The van der Waals surface area contributed by atoms with Gasteiger partial charge in [-0.25, -0.2) is 9.97 Å². The van der Waals surface area contributed by atoms with Crippen LogP contribution in [-0.4, -0.2) is 27.5 Å². The third-order valence-electron chi connectivity index (χ3n) is 3.09. The van der Waals surface area contributed by atoms with E-state index in [1.807, 2.05) is 14.0 Å². The van der Waals surface area contributed by atoms with Crippen LogP contribution in [0.4, 0.5) is 0 Å². The van der Waals surface area contributed by atoms with Gasteiger partial charge in [0.1, 0.15) is 0 Å². The van der Waals surface area contributed by atoms with E-state index in [0.29, 0.717) is 6.04 Å². The molecule has 0 aliphatic rings. The predicted molar refractivity (Wildman–Crippen MR) is 80.2 cm³/mol. The zero-order valence-electron chi connectivity index (χ0n) is 11.0. The number of imidazole rings is 1. The van der Waals surface area contributed by atoms with E-state index in [-0.39, 0.29) is 0 Å². The van der Waals surface area contributed by atoms with E-state index >= 15 is 0 Å². The van der Waals surface area contributed by atoms with Crippen molar-refractivity contribution in [2.75, 3.05) is 7.05 Å². The van der Waals surface area contributed by atoms with Crippen molar-refractivity contribution in [3.05, 3.63) is 39.5 Å². The van der Waals surface area contributed by atoms with Crippen LogP contribution in [0, 0.1) is 6.92 Å². The molecule has 19 heavy (non-hydrogen) atoms. The highest BCUT2D eigenvalue weighted by Gasteiger charge is 2.13. The average molecular weight is 292 g/mol. The highest BCUT2D eigenvalue weighted by molar-refractivity contribution is 7.15. The van der Waals surface area contributed by atoms with E-state index in [1.54, 1.807) is 22.7 Å². The molecule has 0 saturated heterocycles. The molecule has 6 heteroatoms. The van der Waals surface area contributed by atoms with E-state index in [0.717, 1.165) is 29.2 Å². The molecule has 0 spiro atoms. The average Bonchev–Trinajstić information content (AvgIpc) is 3.04. The lowest BCUT2D eigenvalue weighted by molar-refractivity contribution is 0.550. The number of rotatable bonds is 5. The van der Waals surface area contributed by atoms with Crippen molar-refractivity contribution in [2.45, 2.75) is 25.8 Å². The van der Waals surface area contributed by atoms with E-state index in [1.165, 1.54) is 5.01 Å². The maximum Gasteiger partial charge on any atom is 0.193 e. The minimum atomic E-state index is 0.384. The monoisotopic (exact) mass is 292 g/mol. The van der Waals surface area contributed by atoms with Gasteiger partial charge in [0.25, 0.3) is 0 Å². The second-order valence-electron chi connectivity index (χ2n) is 4.60. The zero-order valence-corrected chi connectivity index (χ0v) is 12.6. The molecule has 3 aromatic heterocycles. The van der Waals surface area contributed by atoms with Crippen LogP contribution in [0.15, 0.2) is 23.2 Å². The molecule has 3 heterocycles. The fourth-order valence-corrected chi connectivity index (χ4v) is 3.68. The topological polar surface area (TPSA) is 42.2 Å². The Balaban J connectivity index is 1.70. The third kappa shape index (κ3) is 2.86. The Labute approximate surface area is 120 Å². The van der Waals surface area contributed by atoms with E-state index < -0.39 is 0 Å². The molecule has 3 rings (SSSR count). The number of fused-ring (bicyclic) bond motifs is 1. The molecule has 0 aromatic carbocycles. The van der Waals surface area contributed by atoms with E-state index in [9.17, 15) is 0 Å². The number of likely N-dealkylation sites (N-methyl/N-ethyl adjacent to an activating group) is 1. The number of thiazole rings is 2. The van der Waals surface area contributed by atoms with Gasteiger partial charge in [-0.2, -0.15) is 0 Å². The lowest BCUT2D eigenvalue weighted by atomic mass is 10.1. The maximum atomic E-state index is 4.63. The maximum absolute atomic E-state index is 4.63. The Morgan fingerprint density at radius 2 is 2.21 bits per heavy atom. The molecule has 1 unspecified atom stereocenters. The number of aryl methyl sites for hydroxylation is 1. The van der Waals surface area contributed by atoms with Crippen molar-refractivity contribution < 1.29 is 0 Å². The van der Waals surface area contributed by atoms with Crippen LogP contribution in [0.2, 0.25) is 0 Å². The highest BCUT2D eigenvalue weighted by atomic mass is 32.1. The van der Waals surface area contributed by atoms with E-state index in [4.69, 9.17) is 0 Å². The fraction of sp³-hybridized carbons (Fsp3) is 0.385. The quantitative estimate of drug-likeness (QED) is 0.786. The Hall–Kier alpha value is -1.24. The molecular weight excluding hydrogens is 276 g/mol. The van der Waals surface area contributed by atoms with Gasteiger partial charge in [0.05, 0.1) is 10.7 Å². The second-order valence-corrected chi connectivity index (χ2v) is 6.42. The molecule has 0 fully saturated rings. The van der Waals surface area contributed by atoms with Crippen LogP contribution in [0.25, 0.3) is 4.96 Å². The van der Waals surface area contributed by atoms with Gasteiger partial charge < -0.3 is 5.32 Å². The van der Waals surface area contributed by atoms with Crippen molar-refractivity contribution >= 4 is 27.6 Å². The standard InChI is InChI=1S/C13H16N4S2/c1-9-8-19-12(15-9)6-10(14-2)5-11-7-17-3-4-18-13(17)16-11/h3-4,7-8,10,14H,5-6H2,1-2H3. The summed E-state index contributed by atoms with van der Waals surface area (Å²) in [6.07, 6.45) is 6.06. The van der Waals surface area contributed by atoms with Gasteiger partial charge in [-0.15, -0.1) is 22.7 Å². The van der Waals surface area contributed by atoms with Gasteiger partial charge in [0.2, 0.25) is 0 Å². The molecule has 0 amide bonds.